The molecule has 2 amide bonds. The molecule has 1 N–H and O–H groups in total. The topological polar surface area (TPSA) is 75.4 Å². The van der Waals surface area contributed by atoms with Crippen molar-refractivity contribution in [1.82, 2.24) is 10.5 Å². The van der Waals surface area contributed by atoms with Gasteiger partial charge in [0.25, 0.3) is 5.91 Å². The van der Waals surface area contributed by atoms with Crippen molar-refractivity contribution in [2.75, 3.05) is 18.0 Å². The molecule has 6 nitrogen and oxygen atoms in total. The Morgan fingerprint density at radius 1 is 1.26 bits per heavy atom. The van der Waals surface area contributed by atoms with Gasteiger partial charge in [0, 0.05) is 36.2 Å². The van der Waals surface area contributed by atoms with E-state index >= 15 is 0 Å². The average molecular weight is 363 g/mol. The molecule has 2 aromatic rings. The number of nitrogens with zero attached hydrogens (tertiary/aromatic N) is 2. The second kappa shape index (κ2) is 7.67. The van der Waals surface area contributed by atoms with E-state index in [4.69, 9.17) is 4.52 Å². The lowest BCUT2D eigenvalue weighted by Gasteiger charge is -2.26. The molecule has 2 heterocycles. The summed E-state index contributed by atoms with van der Waals surface area (Å²) in [5, 5.41) is 6.53. The van der Waals surface area contributed by atoms with Gasteiger partial charge in [0.05, 0.1) is 6.54 Å². The molecule has 1 aromatic heterocycles. The van der Waals surface area contributed by atoms with Gasteiger partial charge < -0.3 is 14.7 Å². The van der Waals surface area contributed by atoms with Crippen LogP contribution in [0.2, 0.25) is 0 Å². The maximum Gasteiger partial charge on any atom is 0.274 e. The highest BCUT2D eigenvalue weighted by molar-refractivity contribution is 5.94. The van der Waals surface area contributed by atoms with Crippen LogP contribution in [0.15, 0.2) is 34.9 Å². The van der Waals surface area contributed by atoms with Crippen LogP contribution < -0.4 is 10.2 Å². The third kappa shape index (κ3) is 4.20. The molecule has 0 radical (unpaired) electrons. The maximum absolute atomic E-state index is 12.0. The van der Waals surface area contributed by atoms with Gasteiger partial charge in [-0.25, -0.2) is 0 Å². The molecule has 4 rings (SSSR count). The fourth-order valence-electron chi connectivity index (χ4n) is 3.12. The summed E-state index contributed by atoms with van der Waals surface area (Å²) < 4.78 is 5.18. The van der Waals surface area contributed by atoms with Gasteiger partial charge in [-0.3, -0.25) is 9.59 Å². The van der Waals surface area contributed by atoms with Gasteiger partial charge in [0.2, 0.25) is 5.91 Å². The first-order chi connectivity index (χ1) is 13.2. The Kier molecular flexibility index (Phi) is 4.93. The summed E-state index contributed by atoms with van der Waals surface area (Å²) in [5.41, 5.74) is 2.06. The molecule has 2 fully saturated rings. The number of hydrogen-bond acceptors (Lipinski definition) is 4. The summed E-state index contributed by atoms with van der Waals surface area (Å²) in [4.78, 5) is 25.8. The molecule has 0 unspecified atom stereocenters. The molecule has 138 valence electrons. The van der Waals surface area contributed by atoms with Gasteiger partial charge in [-0.15, -0.1) is 0 Å². The number of aromatic nitrogens is 1. The molecule has 1 saturated heterocycles. The first-order valence-corrected chi connectivity index (χ1v) is 9.35. The lowest BCUT2D eigenvalue weighted by molar-refractivity contribution is -0.119. The van der Waals surface area contributed by atoms with Crippen LogP contribution in [0.3, 0.4) is 0 Å². The molecular formula is C21H21N3O3. The maximum atomic E-state index is 12.0. The lowest BCUT2D eigenvalue weighted by Crippen LogP contribution is -2.35. The Morgan fingerprint density at radius 2 is 2.07 bits per heavy atom. The monoisotopic (exact) mass is 363 g/mol. The van der Waals surface area contributed by atoms with Crippen LogP contribution >= 0.6 is 0 Å². The fourth-order valence-corrected chi connectivity index (χ4v) is 3.12. The fraction of sp³-hybridized carbons (Fsp3) is 0.381. The van der Waals surface area contributed by atoms with Crippen LogP contribution in [-0.2, 0) is 4.79 Å². The highest BCUT2D eigenvalue weighted by Gasteiger charge is 2.28. The Hall–Kier alpha value is -3.07. The predicted octanol–water partition coefficient (Wildman–Crippen LogP) is 2.85. The van der Waals surface area contributed by atoms with Crippen molar-refractivity contribution in [3.63, 3.8) is 0 Å². The van der Waals surface area contributed by atoms with E-state index in [-0.39, 0.29) is 18.4 Å². The Bertz CT molecular complexity index is 901. The normalized spacial score (nSPS) is 16.6. The summed E-state index contributed by atoms with van der Waals surface area (Å²) in [6.45, 7) is 1.01. The average Bonchev–Trinajstić information content (AvgIpc) is 3.43. The van der Waals surface area contributed by atoms with E-state index in [9.17, 15) is 9.59 Å². The van der Waals surface area contributed by atoms with Gasteiger partial charge in [-0.2, -0.15) is 0 Å². The van der Waals surface area contributed by atoms with Gasteiger partial charge in [-0.05, 0) is 49.9 Å². The number of benzene rings is 1. The van der Waals surface area contributed by atoms with E-state index in [1.165, 1.54) is 0 Å². The molecule has 1 aromatic carbocycles. The number of carbonyl (C=O) groups excluding carboxylic acids is 2. The van der Waals surface area contributed by atoms with Crippen molar-refractivity contribution in [3.8, 4) is 11.8 Å². The molecule has 0 bridgehead atoms. The SMILES string of the molecule is O=C(NCC#Cc1ccc(N2CCCCC2=O)cc1)c1cc(C2CC2)on1. The Labute approximate surface area is 157 Å². The van der Waals surface area contributed by atoms with E-state index < -0.39 is 0 Å². The number of rotatable bonds is 4. The standard InChI is InChI=1S/C21H21N3O3/c25-20-5-1-2-13-24(20)17-10-6-15(7-11-17)4-3-12-22-21(26)18-14-19(27-23-18)16-8-9-16/h6-7,10-11,14,16H,1-2,5,8-9,12-13H2,(H,22,26). The summed E-state index contributed by atoms with van der Waals surface area (Å²) in [5.74, 6) is 7.07. The van der Waals surface area contributed by atoms with Crippen LogP contribution in [0, 0.1) is 11.8 Å². The van der Waals surface area contributed by atoms with Crippen molar-refractivity contribution in [2.45, 2.75) is 38.0 Å². The number of anilines is 1. The molecule has 27 heavy (non-hydrogen) atoms. The number of piperidine rings is 1. The van der Waals surface area contributed by atoms with Crippen LogP contribution in [0.25, 0.3) is 0 Å². The van der Waals surface area contributed by atoms with Crippen LogP contribution in [0.4, 0.5) is 5.69 Å². The Balaban J connectivity index is 1.29. The summed E-state index contributed by atoms with van der Waals surface area (Å²) in [6.07, 6.45) is 4.84. The minimum Gasteiger partial charge on any atom is -0.360 e. The van der Waals surface area contributed by atoms with Crippen LogP contribution in [-0.4, -0.2) is 30.1 Å². The number of hydrogen-bond donors (Lipinski definition) is 1. The Morgan fingerprint density at radius 3 is 2.81 bits per heavy atom. The second-order valence-corrected chi connectivity index (χ2v) is 6.92. The minimum atomic E-state index is -0.279. The largest absolute Gasteiger partial charge is 0.360 e. The summed E-state index contributed by atoms with van der Waals surface area (Å²) in [6, 6.07) is 9.33. The molecule has 0 spiro atoms. The van der Waals surface area contributed by atoms with E-state index in [0.717, 1.165) is 49.2 Å². The first kappa shape index (κ1) is 17.3. The smallest absolute Gasteiger partial charge is 0.274 e. The van der Waals surface area contributed by atoms with Crippen molar-refractivity contribution >= 4 is 17.5 Å². The first-order valence-electron chi connectivity index (χ1n) is 9.35. The van der Waals surface area contributed by atoms with Crippen molar-refractivity contribution in [2.24, 2.45) is 0 Å². The third-order valence-corrected chi connectivity index (χ3v) is 4.81. The van der Waals surface area contributed by atoms with E-state index in [2.05, 4.69) is 22.3 Å². The molecule has 6 heteroatoms. The third-order valence-electron chi connectivity index (χ3n) is 4.81. The zero-order valence-electron chi connectivity index (χ0n) is 15.0. The zero-order valence-corrected chi connectivity index (χ0v) is 15.0. The molecule has 1 aliphatic heterocycles. The second-order valence-electron chi connectivity index (χ2n) is 6.92. The lowest BCUT2D eigenvalue weighted by atomic mass is 10.1. The van der Waals surface area contributed by atoms with Crippen molar-refractivity contribution in [1.29, 1.82) is 0 Å². The summed E-state index contributed by atoms with van der Waals surface area (Å²) in [7, 11) is 0. The summed E-state index contributed by atoms with van der Waals surface area (Å²) >= 11 is 0. The van der Waals surface area contributed by atoms with Crippen LogP contribution in [0.1, 0.15) is 59.8 Å². The number of amides is 2. The molecule has 2 aliphatic rings. The number of nitrogens with one attached hydrogen (secondary N) is 1. The van der Waals surface area contributed by atoms with E-state index in [1.54, 1.807) is 6.07 Å². The quantitative estimate of drug-likeness (QED) is 0.848. The van der Waals surface area contributed by atoms with E-state index in [1.807, 2.05) is 29.2 Å². The van der Waals surface area contributed by atoms with Gasteiger partial charge in [-0.1, -0.05) is 17.0 Å². The van der Waals surface area contributed by atoms with Crippen LogP contribution in [0.5, 0.6) is 0 Å². The zero-order chi connectivity index (χ0) is 18.6. The molecule has 1 saturated carbocycles. The predicted molar refractivity (Wildman–Crippen MR) is 100 cm³/mol. The van der Waals surface area contributed by atoms with Gasteiger partial charge in [0.1, 0.15) is 5.76 Å². The van der Waals surface area contributed by atoms with E-state index in [0.29, 0.717) is 18.0 Å². The van der Waals surface area contributed by atoms with Gasteiger partial charge in [0.15, 0.2) is 5.69 Å². The van der Waals surface area contributed by atoms with Gasteiger partial charge >= 0.3 is 0 Å². The highest BCUT2D eigenvalue weighted by Crippen LogP contribution is 2.40. The molecular weight excluding hydrogens is 342 g/mol. The van der Waals surface area contributed by atoms with Crippen molar-refractivity contribution < 1.29 is 14.1 Å². The number of carbonyl (C=O) groups is 2. The highest BCUT2D eigenvalue weighted by atomic mass is 16.5. The minimum absolute atomic E-state index is 0.181. The van der Waals surface area contributed by atoms with Crippen molar-refractivity contribution in [3.05, 3.63) is 47.3 Å². The molecule has 0 atom stereocenters. The molecule has 1 aliphatic carbocycles.